The molecule has 20 heavy (non-hydrogen) atoms. The zero-order chi connectivity index (χ0) is 14.5. The zero-order valence-electron chi connectivity index (χ0n) is 12.4. The van der Waals surface area contributed by atoms with E-state index in [1.807, 2.05) is 12.2 Å². The molecule has 0 spiro atoms. The van der Waals surface area contributed by atoms with Gasteiger partial charge in [-0.05, 0) is 60.1 Å². The van der Waals surface area contributed by atoms with Gasteiger partial charge in [-0.3, -0.25) is 0 Å². The third kappa shape index (κ3) is 2.75. The molecule has 0 heterocycles. The van der Waals surface area contributed by atoms with E-state index in [2.05, 4.69) is 63.4 Å². The van der Waals surface area contributed by atoms with Crippen LogP contribution in [0, 0.1) is 13.8 Å². The summed E-state index contributed by atoms with van der Waals surface area (Å²) in [5, 5.41) is 0. The van der Waals surface area contributed by atoms with Crippen LogP contribution in [0.5, 0.6) is 0 Å². The Kier molecular flexibility index (Phi) is 4.57. The predicted octanol–water partition coefficient (Wildman–Crippen LogP) is 5.43. The normalized spacial score (nSPS) is 10.3. The Balaban J connectivity index is 2.57. The summed E-state index contributed by atoms with van der Waals surface area (Å²) in [7, 11) is 0. The maximum absolute atomic E-state index is 3.84. The molecule has 0 radical (unpaired) electrons. The van der Waals surface area contributed by atoms with Crippen molar-refractivity contribution in [3.63, 3.8) is 0 Å². The van der Waals surface area contributed by atoms with E-state index in [0.29, 0.717) is 0 Å². The first-order chi connectivity index (χ1) is 9.69. The Labute approximate surface area is 122 Å². The van der Waals surface area contributed by atoms with Crippen LogP contribution < -0.4 is 0 Å². The lowest BCUT2D eigenvalue weighted by Crippen LogP contribution is -1.95. The molecule has 102 valence electrons. The van der Waals surface area contributed by atoms with Crippen molar-refractivity contribution < 1.29 is 0 Å². The van der Waals surface area contributed by atoms with Crippen molar-refractivity contribution in [3.05, 3.63) is 84.0 Å². The first-order valence-electron chi connectivity index (χ1n) is 7.08. The fourth-order valence-corrected chi connectivity index (χ4v) is 2.70. The minimum Gasteiger partial charge on any atom is -0.103 e. The number of allylic oxidation sites excluding steroid dienone is 2. The van der Waals surface area contributed by atoms with E-state index in [4.69, 9.17) is 0 Å². The van der Waals surface area contributed by atoms with Crippen molar-refractivity contribution in [2.45, 2.75) is 26.7 Å². The highest BCUT2D eigenvalue weighted by atomic mass is 14.1. The highest BCUT2D eigenvalue weighted by molar-refractivity contribution is 5.72. The van der Waals surface area contributed by atoms with Gasteiger partial charge in [-0.15, -0.1) is 13.2 Å². The van der Waals surface area contributed by atoms with Crippen LogP contribution in [0.3, 0.4) is 0 Å². The van der Waals surface area contributed by atoms with Gasteiger partial charge in [0.1, 0.15) is 0 Å². The Bertz CT molecular complexity index is 575. The number of hydrogen-bond donors (Lipinski definition) is 0. The molecule has 0 amide bonds. The van der Waals surface area contributed by atoms with Gasteiger partial charge in [-0.2, -0.15) is 0 Å². The number of benzene rings is 2. The van der Waals surface area contributed by atoms with E-state index in [-0.39, 0.29) is 0 Å². The van der Waals surface area contributed by atoms with Crippen LogP contribution in [0.2, 0.25) is 0 Å². The van der Waals surface area contributed by atoms with Crippen molar-refractivity contribution in [2.75, 3.05) is 0 Å². The molecule has 2 aromatic carbocycles. The SMILES string of the molecule is C=CCc1cccc(-c2cccc(CC=C)c2C)c1C. The van der Waals surface area contributed by atoms with Gasteiger partial charge in [-0.25, -0.2) is 0 Å². The molecule has 0 aromatic heterocycles. The summed E-state index contributed by atoms with van der Waals surface area (Å²) in [6, 6.07) is 13.1. The average Bonchev–Trinajstić information content (AvgIpc) is 2.44. The van der Waals surface area contributed by atoms with E-state index in [1.54, 1.807) is 0 Å². The molecule has 0 fully saturated rings. The Morgan fingerprint density at radius 3 is 1.50 bits per heavy atom. The summed E-state index contributed by atoms with van der Waals surface area (Å²) < 4.78 is 0. The van der Waals surface area contributed by atoms with Crippen LogP contribution in [0.15, 0.2) is 61.7 Å². The number of rotatable bonds is 5. The summed E-state index contributed by atoms with van der Waals surface area (Å²) >= 11 is 0. The molecule has 2 aromatic rings. The van der Waals surface area contributed by atoms with Crippen LogP contribution in [0.25, 0.3) is 11.1 Å². The lowest BCUT2D eigenvalue weighted by Gasteiger charge is -2.15. The van der Waals surface area contributed by atoms with Crippen LogP contribution in [-0.4, -0.2) is 0 Å². The molecule has 0 heteroatoms. The smallest absolute Gasteiger partial charge is 0.00973 e. The number of hydrogen-bond acceptors (Lipinski definition) is 0. The second-order valence-corrected chi connectivity index (χ2v) is 5.16. The van der Waals surface area contributed by atoms with Gasteiger partial charge in [0, 0.05) is 0 Å². The molecule has 0 saturated carbocycles. The third-order valence-corrected chi connectivity index (χ3v) is 3.91. The van der Waals surface area contributed by atoms with Gasteiger partial charge in [0.15, 0.2) is 0 Å². The third-order valence-electron chi connectivity index (χ3n) is 3.91. The van der Waals surface area contributed by atoms with Crippen LogP contribution in [-0.2, 0) is 12.8 Å². The highest BCUT2D eigenvalue weighted by Crippen LogP contribution is 2.30. The van der Waals surface area contributed by atoms with Gasteiger partial charge >= 0.3 is 0 Å². The lowest BCUT2D eigenvalue weighted by molar-refractivity contribution is 1.20. The van der Waals surface area contributed by atoms with Crippen molar-refractivity contribution in [1.29, 1.82) is 0 Å². The van der Waals surface area contributed by atoms with Crippen LogP contribution >= 0.6 is 0 Å². The lowest BCUT2D eigenvalue weighted by atomic mass is 9.90. The molecule has 0 nitrogen and oxygen atoms in total. The van der Waals surface area contributed by atoms with E-state index in [9.17, 15) is 0 Å². The molecule has 0 unspecified atom stereocenters. The van der Waals surface area contributed by atoms with Gasteiger partial charge < -0.3 is 0 Å². The standard InChI is InChI=1S/C20H22/c1-5-9-17-11-7-13-19(15(17)3)20-14-8-12-18(10-6-2)16(20)4/h5-8,11-14H,1-2,9-10H2,3-4H3. The van der Waals surface area contributed by atoms with Gasteiger partial charge in [0.05, 0.1) is 0 Å². The maximum atomic E-state index is 3.84. The summed E-state index contributed by atoms with van der Waals surface area (Å²) in [6.07, 6.45) is 5.77. The second-order valence-electron chi connectivity index (χ2n) is 5.16. The molecule has 0 N–H and O–H groups in total. The van der Waals surface area contributed by atoms with Crippen molar-refractivity contribution in [3.8, 4) is 11.1 Å². The molecule has 0 aliphatic carbocycles. The van der Waals surface area contributed by atoms with Crippen LogP contribution in [0.4, 0.5) is 0 Å². The zero-order valence-corrected chi connectivity index (χ0v) is 12.4. The molecular weight excluding hydrogens is 240 g/mol. The Morgan fingerprint density at radius 1 is 0.750 bits per heavy atom. The summed E-state index contributed by atoms with van der Waals surface area (Å²) in [4.78, 5) is 0. The molecule has 0 atom stereocenters. The minimum atomic E-state index is 0.922. The maximum Gasteiger partial charge on any atom is -0.00973 e. The highest BCUT2D eigenvalue weighted by Gasteiger charge is 2.09. The molecule has 2 rings (SSSR count). The van der Waals surface area contributed by atoms with Crippen LogP contribution in [0.1, 0.15) is 22.3 Å². The van der Waals surface area contributed by atoms with E-state index in [1.165, 1.54) is 33.4 Å². The quantitative estimate of drug-likeness (QED) is 0.630. The summed E-state index contributed by atoms with van der Waals surface area (Å²) in [6.45, 7) is 12.1. The van der Waals surface area contributed by atoms with Crippen molar-refractivity contribution in [1.82, 2.24) is 0 Å². The van der Waals surface area contributed by atoms with Crippen molar-refractivity contribution in [2.24, 2.45) is 0 Å². The second kappa shape index (κ2) is 6.38. The van der Waals surface area contributed by atoms with Gasteiger partial charge in [0.2, 0.25) is 0 Å². The Morgan fingerprint density at radius 2 is 1.15 bits per heavy atom. The topological polar surface area (TPSA) is 0 Å². The van der Waals surface area contributed by atoms with E-state index < -0.39 is 0 Å². The monoisotopic (exact) mass is 262 g/mol. The average molecular weight is 262 g/mol. The van der Waals surface area contributed by atoms with E-state index in [0.717, 1.165) is 12.8 Å². The van der Waals surface area contributed by atoms with Gasteiger partial charge in [0.25, 0.3) is 0 Å². The summed E-state index contributed by atoms with van der Waals surface area (Å²) in [5.74, 6) is 0. The molecular formula is C20H22. The molecule has 0 bridgehead atoms. The fraction of sp³-hybridized carbons (Fsp3) is 0.200. The summed E-state index contributed by atoms with van der Waals surface area (Å²) in [5.41, 5.74) is 8.06. The Hall–Kier alpha value is -2.08. The van der Waals surface area contributed by atoms with E-state index >= 15 is 0 Å². The largest absolute Gasteiger partial charge is 0.103 e. The fourth-order valence-electron chi connectivity index (χ4n) is 2.70. The first kappa shape index (κ1) is 14.3. The molecule has 0 saturated heterocycles. The van der Waals surface area contributed by atoms with Crippen molar-refractivity contribution >= 4 is 0 Å². The van der Waals surface area contributed by atoms with Gasteiger partial charge in [-0.1, -0.05) is 48.6 Å². The molecule has 0 aliphatic heterocycles. The molecule has 0 aliphatic rings. The predicted molar refractivity (Wildman–Crippen MR) is 89.2 cm³/mol. The first-order valence-corrected chi connectivity index (χ1v) is 7.08. The minimum absolute atomic E-state index is 0.922.